The normalized spacial score (nSPS) is 12.1. The Hall–Kier alpha value is -2.11. The number of hydrogen-bond acceptors (Lipinski definition) is 6. The van der Waals surface area contributed by atoms with Gasteiger partial charge in [-0.05, 0) is 70.6 Å². The van der Waals surface area contributed by atoms with Gasteiger partial charge >= 0.3 is 17.9 Å². The van der Waals surface area contributed by atoms with E-state index in [0.29, 0.717) is 19.3 Å². The average Bonchev–Trinajstić information content (AvgIpc) is 3.43. The van der Waals surface area contributed by atoms with Gasteiger partial charge in [0.25, 0.3) is 0 Å². The van der Waals surface area contributed by atoms with Crippen LogP contribution in [-0.2, 0) is 28.6 Å². The molecule has 0 saturated heterocycles. The summed E-state index contributed by atoms with van der Waals surface area (Å²) < 4.78 is 17.0. The van der Waals surface area contributed by atoms with Crippen LogP contribution in [-0.4, -0.2) is 37.2 Å². The fraction of sp³-hybridized carbons (Fsp3) is 0.901. The van der Waals surface area contributed by atoms with Gasteiger partial charge in [-0.3, -0.25) is 14.4 Å². The second kappa shape index (κ2) is 66.4. The molecule has 0 radical (unpaired) electrons. The highest BCUT2D eigenvalue weighted by Crippen LogP contribution is 2.18. The lowest BCUT2D eigenvalue weighted by Gasteiger charge is -2.18. The molecule has 6 heteroatoms. The van der Waals surface area contributed by atoms with Gasteiger partial charge in [-0.1, -0.05) is 328 Å². The van der Waals surface area contributed by atoms with Gasteiger partial charge in [-0.25, -0.2) is 0 Å². The quantitative estimate of drug-likeness (QED) is 0.0261. The van der Waals surface area contributed by atoms with E-state index in [9.17, 15) is 14.4 Å². The highest BCUT2D eigenvalue weighted by Gasteiger charge is 2.19. The third kappa shape index (κ3) is 64.6. The van der Waals surface area contributed by atoms with E-state index in [2.05, 4.69) is 45.1 Å². The Morgan fingerprint density at radius 3 is 0.649 bits per heavy atom. The summed E-state index contributed by atoms with van der Waals surface area (Å²) in [4.78, 5) is 38.4. The van der Waals surface area contributed by atoms with Crippen molar-refractivity contribution in [1.82, 2.24) is 0 Å². The number of rotatable bonds is 65. The molecular weight excluding hydrogens is 949 g/mol. The third-order valence-corrected chi connectivity index (χ3v) is 15.9. The summed E-state index contributed by atoms with van der Waals surface area (Å²) >= 11 is 0. The summed E-state index contributed by atoms with van der Waals surface area (Å²) in [6.07, 6.45) is 80.6. The van der Waals surface area contributed by atoms with Gasteiger partial charge in [0.1, 0.15) is 13.2 Å². The van der Waals surface area contributed by atoms with Crippen LogP contribution in [0.25, 0.3) is 0 Å². The first kappa shape index (κ1) is 74.9. The summed E-state index contributed by atoms with van der Waals surface area (Å²) in [6, 6.07) is 0. The van der Waals surface area contributed by atoms with Gasteiger partial charge in [0.2, 0.25) is 0 Å². The molecule has 0 aliphatic carbocycles. The molecule has 0 saturated carbocycles. The van der Waals surface area contributed by atoms with Crippen molar-refractivity contribution in [3.63, 3.8) is 0 Å². The number of unbranched alkanes of at least 4 members (excludes halogenated alkanes) is 50. The molecule has 0 bridgehead atoms. The first-order valence-corrected chi connectivity index (χ1v) is 34.8. The van der Waals surface area contributed by atoms with Gasteiger partial charge in [0, 0.05) is 19.3 Å². The molecule has 0 aromatic carbocycles. The fourth-order valence-electron chi connectivity index (χ4n) is 10.7. The minimum atomic E-state index is -0.774. The first-order chi connectivity index (χ1) is 38.0. The van der Waals surface area contributed by atoms with Crippen molar-refractivity contribution in [3.8, 4) is 0 Å². The molecule has 77 heavy (non-hydrogen) atoms. The van der Waals surface area contributed by atoms with E-state index in [1.165, 1.54) is 289 Å². The average molecular weight is 1080 g/mol. The van der Waals surface area contributed by atoms with Gasteiger partial charge in [0.15, 0.2) is 6.10 Å². The molecule has 0 heterocycles. The van der Waals surface area contributed by atoms with Gasteiger partial charge in [0.05, 0.1) is 0 Å². The van der Waals surface area contributed by atoms with Crippen LogP contribution in [0.3, 0.4) is 0 Å². The second-order valence-corrected chi connectivity index (χ2v) is 23.8. The number of allylic oxidation sites excluding steroid dienone is 4. The molecule has 0 aromatic rings. The zero-order valence-corrected chi connectivity index (χ0v) is 52.3. The Morgan fingerprint density at radius 1 is 0.247 bits per heavy atom. The Labute approximate surface area is 481 Å². The fourth-order valence-corrected chi connectivity index (χ4v) is 10.7. The first-order valence-electron chi connectivity index (χ1n) is 34.8. The summed E-state index contributed by atoms with van der Waals surface area (Å²) in [7, 11) is 0. The molecule has 1 atom stereocenters. The topological polar surface area (TPSA) is 78.9 Å². The number of esters is 3. The van der Waals surface area contributed by atoms with Crippen molar-refractivity contribution in [2.75, 3.05) is 13.2 Å². The predicted octanol–water partition coefficient (Wildman–Crippen LogP) is 23.8. The molecule has 0 aliphatic rings. The van der Waals surface area contributed by atoms with Crippen LogP contribution < -0.4 is 0 Å². The van der Waals surface area contributed by atoms with Crippen molar-refractivity contribution in [2.45, 2.75) is 399 Å². The molecule has 0 fully saturated rings. The number of carbonyl (C=O) groups is 3. The van der Waals surface area contributed by atoms with Crippen molar-refractivity contribution in [1.29, 1.82) is 0 Å². The molecule has 0 rings (SSSR count). The SMILES string of the molecule is CCCCCCCC/C=C\CCCCCCCCCCCC(=O)OC(COC(=O)CCCCCCC/C=C\CCCCCCCCC)COC(=O)CCCCCCCCCCCCCCCCCCCCCCCCCC. The van der Waals surface area contributed by atoms with Crippen LogP contribution in [0.5, 0.6) is 0 Å². The Kier molecular flexibility index (Phi) is 64.6. The molecule has 0 N–H and O–H groups in total. The second-order valence-electron chi connectivity index (χ2n) is 23.8. The van der Waals surface area contributed by atoms with Crippen molar-refractivity contribution in [2.24, 2.45) is 0 Å². The van der Waals surface area contributed by atoms with E-state index in [1.807, 2.05) is 0 Å². The monoisotopic (exact) mass is 1080 g/mol. The molecule has 454 valence electrons. The summed E-state index contributed by atoms with van der Waals surface area (Å²) in [5, 5.41) is 0. The summed E-state index contributed by atoms with van der Waals surface area (Å²) in [5.74, 6) is -0.849. The minimum absolute atomic E-state index is 0.0692. The molecule has 6 nitrogen and oxygen atoms in total. The lowest BCUT2D eigenvalue weighted by atomic mass is 10.0. The van der Waals surface area contributed by atoms with Crippen molar-refractivity contribution in [3.05, 3.63) is 24.3 Å². The van der Waals surface area contributed by atoms with E-state index >= 15 is 0 Å². The van der Waals surface area contributed by atoms with E-state index in [4.69, 9.17) is 14.2 Å². The standard InChI is InChI=1S/C71H134O6/c1-4-7-10-13-16-19-22-25-28-31-33-34-35-36-37-39-40-43-46-49-52-55-58-61-64-70(73)76-67-68(66-75-69(72)63-60-57-54-51-48-45-42-30-27-24-21-18-15-12-9-6-3)77-71(74)65-62-59-56-53-50-47-44-41-38-32-29-26-23-20-17-14-11-8-5-2/h26,29-30,42,68H,4-25,27-28,31-41,43-67H2,1-3H3/b29-26-,42-30-. The zero-order chi connectivity index (χ0) is 55.7. The van der Waals surface area contributed by atoms with E-state index in [1.54, 1.807) is 0 Å². The molecule has 0 aromatic heterocycles. The highest BCUT2D eigenvalue weighted by atomic mass is 16.6. The maximum absolute atomic E-state index is 12.9. The third-order valence-electron chi connectivity index (χ3n) is 15.9. The number of ether oxygens (including phenoxy) is 3. The smallest absolute Gasteiger partial charge is 0.306 e. The number of hydrogen-bond donors (Lipinski definition) is 0. The van der Waals surface area contributed by atoms with E-state index < -0.39 is 6.10 Å². The van der Waals surface area contributed by atoms with E-state index in [-0.39, 0.29) is 31.1 Å². The molecule has 0 aliphatic heterocycles. The molecular formula is C71H134O6. The largest absolute Gasteiger partial charge is 0.462 e. The summed E-state index contributed by atoms with van der Waals surface area (Å²) in [6.45, 7) is 6.71. The Morgan fingerprint density at radius 2 is 0.429 bits per heavy atom. The van der Waals surface area contributed by atoms with Gasteiger partial charge in [-0.15, -0.1) is 0 Å². The molecule has 1 unspecified atom stereocenters. The highest BCUT2D eigenvalue weighted by molar-refractivity contribution is 5.71. The van der Waals surface area contributed by atoms with Crippen LogP contribution in [0.1, 0.15) is 393 Å². The van der Waals surface area contributed by atoms with Crippen LogP contribution in [0.2, 0.25) is 0 Å². The van der Waals surface area contributed by atoms with Crippen LogP contribution >= 0.6 is 0 Å². The lowest BCUT2D eigenvalue weighted by molar-refractivity contribution is -0.167. The Bertz CT molecular complexity index is 1240. The maximum Gasteiger partial charge on any atom is 0.306 e. The van der Waals surface area contributed by atoms with Crippen LogP contribution in [0, 0.1) is 0 Å². The minimum Gasteiger partial charge on any atom is -0.462 e. The van der Waals surface area contributed by atoms with Crippen LogP contribution in [0.4, 0.5) is 0 Å². The van der Waals surface area contributed by atoms with Crippen LogP contribution in [0.15, 0.2) is 24.3 Å². The summed E-state index contributed by atoms with van der Waals surface area (Å²) in [5.41, 5.74) is 0. The zero-order valence-electron chi connectivity index (χ0n) is 52.3. The predicted molar refractivity (Wildman–Crippen MR) is 335 cm³/mol. The van der Waals surface area contributed by atoms with E-state index in [0.717, 1.165) is 64.2 Å². The Balaban J connectivity index is 4.27. The molecule has 0 amide bonds. The maximum atomic E-state index is 12.9. The van der Waals surface area contributed by atoms with Gasteiger partial charge in [-0.2, -0.15) is 0 Å². The lowest BCUT2D eigenvalue weighted by Crippen LogP contribution is -2.30. The number of carbonyl (C=O) groups excluding carboxylic acids is 3. The van der Waals surface area contributed by atoms with Gasteiger partial charge < -0.3 is 14.2 Å². The van der Waals surface area contributed by atoms with Crippen molar-refractivity contribution < 1.29 is 28.6 Å². The van der Waals surface area contributed by atoms with Crippen molar-refractivity contribution >= 4 is 17.9 Å². The molecule has 0 spiro atoms.